The van der Waals surface area contributed by atoms with Crippen LogP contribution in [0.4, 0.5) is 4.79 Å². The highest BCUT2D eigenvalue weighted by molar-refractivity contribution is 5.76. The summed E-state index contributed by atoms with van der Waals surface area (Å²) < 4.78 is 21.6. The number of hydrogen-bond acceptors (Lipinski definition) is 7. The van der Waals surface area contributed by atoms with E-state index in [2.05, 4.69) is 6.92 Å². The van der Waals surface area contributed by atoms with Gasteiger partial charge < -0.3 is 28.7 Å². The molecule has 0 bridgehead atoms. The molecule has 9 nitrogen and oxygen atoms in total. The van der Waals surface area contributed by atoms with E-state index in [1.54, 1.807) is 18.7 Å². The highest BCUT2D eigenvalue weighted by Crippen LogP contribution is 2.20. The lowest BCUT2D eigenvalue weighted by molar-refractivity contribution is -0.154. The Morgan fingerprint density at radius 1 is 0.939 bits per heavy atom. The second-order valence-corrected chi connectivity index (χ2v) is 9.85. The SMILES string of the molecule is [CH2+]C(C)(C)OC(=O)CCOCCOCCN(C(=O)CC)C1CCN(C(=O)OC(C)(C)C)CC1. The molecule has 0 saturated carbocycles. The van der Waals surface area contributed by atoms with Crippen molar-refractivity contribution in [3.05, 3.63) is 6.92 Å². The van der Waals surface area contributed by atoms with Crippen LogP contribution in [0.25, 0.3) is 0 Å². The Morgan fingerprint density at radius 2 is 1.52 bits per heavy atom. The van der Waals surface area contributed by atoms with Crippen LogP contribution in [0.1, 0.15) is 67.2 Å². The molecule has 0 aromatic heterocycles. The van der Waals surface area contributed by atoms with Gasteiger partial charge in [-0.3, -0.25) is 9.59 Å². The van der Waals surface area contributed by atoms with Gasteiger partial charge in [-0.15, -0.1) is 0 Å². The molecule has 9 heteroatoms. The summed E-state index contributed by atoms with van der Waals surface area (Å²) in [6, 6.07) is 0.0827. The molecule has 1 aliphatic rings. The van der Waals surface area contributed by atoms with Gasteiger partial charge in [-0.2, -0.15) is 0 Å². The van der Waals surface area contributed by atoms with Crippen molar-refractivity contribution in [3.63, 3.8) is 0 Å². The van der Waals surface area contributed by atoms with Crippen LogP contribution in [0.15, 0.2) is 0 Å². The molecule has 2 amide bonds. The Balaban J connectivity index is 2.29. The van der Waals surface area contributed by atoms with Gasteiger partial charge in [0.1, 0.15) is 12.5 Å². The molecule has 190 valence electrons. The Labute approximate surface area is 199 Å². The summed E-state index contributed by atoms with van der Waals surface area (Å²) in [5.41, 5.74) is -1.26. The van der Waals surface area contributed by atoms with E-state index in [1.807, 2.05) is 32.6 Å². The first-order valence-electron chi connectivity index (χ1n) is 11.8. The van der Waals surface area contributed by atoms with Crippen molar-refractivity contribution in [2.45, 2.75) is 84.5 Å². The fraction of sp³-hybridized carbons (Fsp3) is 0.833. The van der Waals surface area contributed by atoms with Gasteiger partial charge in [-0.05, 0) is 33.6 Å². The predicted octanol–water partition coefficient (Wildman–Crippen LogP) is 3.20. The van der Waals surface area contributed by atoms with E-state index in [1.165, 1.54) is 0 Å². The maximum atomic E-state index is 12.5. The number of carbonyl (C=O) groups excluding carboxylic acids is 3. The zero-order chi connectivity index (χ0) is 25.1. The summed E-state index contributed by atoms with van der Waals surface area (Å²) in [6.45, 7) is 17.6. The fourth-order valence-corrected chi connectivity index (χ4v) is 3.40. The van der Waals surface area contributed by atoms with Gasteiger partial charge in [0, 0.05) is 45.9 Å². The first-order chi connectivity index (χ1) is 15.3. The second-order valence-electron chi connectivity index (χ2n) is 9.85. The molecule has 1 saturated heterocycles. The molecule has 1 aliphatic heterocycles. The minimum Gasteiger partial charge on any atom is -0.444 e. The lowest BCUT2D eigenvalue weighted by Gasteiger charge is -2.38. The minimum absolute atomic E-state index is 0.0809. The van der Waals surface area contributed by atoms with E-state index in [4.69, 9.17) is 18.9 Å². The molecule has 0 aromatic carbocycles. The molecule has 0 unspecified atom stereocenters. The maximum Gasteiger partial charge on any atom is 0.410 e. The third kappa shape index (κ3) is 12.7. The summed E-state index contributed by atoms with van der Waals surface area (Å²) in [5, 5.41) is 0. The van der Waals surface area contributed by atoms with Crippen LogP contribution in [0.2, 0.25) is 0 Å². The molecule has 0 atom stereocenters. The van der Waals surface area contributed by atoms with Crippen LogP contribution >= 0.6 is 0 Å². The number of ether oxygens (including phenoxy) is 4. The van der Waals surface area contributed by atoms with Gasteiger partial charge in [-0.1, -0.05) is 6.92 Å². The van der Waals surface area contributed by atoms with E-state index in [9.17, 15) is 14.4 Å². The largest absolute Gasteiger partial charge is 0.444 e. The van der Waals surface area contributed by atoms with Crippen LogP contribution in [0, 0.1) is 6.92 Å². The number of carbonyl (C=O) groups is 3. The van der Waals surface area contributed by atoms with Crippen LogP contribution in [-0.4, -0.2) is 91.1 Å². The Kier molecular flexibility index (Phi) is 12.0. The average molecular weight is 472 g/mol. The van der Waals surface area contributed by atoms with Crippen molar-refractivity contribution >= 4 is 18.0 Å². The summed E-state index contributed by atoms with van der Waals surface area (Å²) >= 11 is 0. The highest BCUT2D eigenvalue weighted by Gasteiger charge is 2.31. The van der Waals surface area contributed by atoms with E-state index in [0.29, 0.717) is 58.7 Å². The summed E-state index contributed by atoms with van der Waals surface area (Å²) in [4.78, 5) is 39.9. The van der Waals surface area contributed by atoms with E-state index >= 15 is 0 Å². The molecule has 1 fully saturated rings. The van der Waals surface area contributed by atoms with Crippen LogP contribution in [0.3, 0.4) is 0 Å². The van der Waals surface area contributed by atoms with Gasteiger partial charge >= 0.3 is 12.1 Å². The lowest BCUT2D eigenvalue weighted by atomic mass is 10.0. The van der Waals surface area contributed by atoms with Gasteiger partial charge in [0.05, 0.1) is 32.8 Å². The Hall–Kier alpha value is -2.00. The van der Waals surface area contributed by atoms with E-state index in [0.717, 1.165) is 0 Å². The molecule has 1 heterocycles. The average Bonchev–Trinajstić information content (AvgIpc) is 2.69. The number of likely N-dealkylation sites (tertiary alicyclic amines) is 1. The van der Waals surface area contributed by atoms with Gasteiger partial charge in [0.15, 0.2) is 0 Å². The van der Waals surface area contributed by atoms with Gasteiger partial charge in [-0.25, -0.2) is 4.79 Å². The van der Waals surface area contributed by atoms with Crippen molar-refractivity contribution in [1.29, 1.82) is 0 Å². The molecule has 33 heavy (non-hydrogen) atoms. The zero-order valence-electron chi connectivity index (χ0n) is 21.3. The summed E-state index contributed by atoms with van der Waals surface area (Å²) in [6.07, 6.45) is 1.72. The first-order valence-corrected chi connectivity index (χ1v) is 11.8. The zero-order valence-corrected chi connectivity index (χ0v) is 21.3. The lowest BCUT2D eigenvalue weighted by Crippen LogP contribution is -2.50. The van der Waals surface area contributed by atoms with E-state index in [-0.39, 0.29) is 37.0 Å². The number of rotatable bonds is 12. The predicted molar refractivity (Wildman–Crippen MR) is 125 cm³/mol. The maximum absolute atomic E-state index is 12.5. The normalized spacial score (nSPS) is 15.3. The number of piperidine rings is 1. The van der Waals surface area contributed by atoms with Crippen molar-refractivity contribution in [1.82, 2.24) is 9.80 Å². The van der Waals surface area contributed by atoms with Crippen molar-refractivity contribution in [2.75, 3.05) is 46.1 Å². The number of esters is 1. The molecule has 0 aliphatic carbocycles. The smallest absolute Gasteiger partial charge is 0.410 e. The standard InChI is InChI=1S/C24H43N2O7/c1-8-20(27)26(19-9-12-25(13-10-19)22(29)33-24(5,6)7)14-16-31-18-17-30-15-11-21(28)32-23(2,3)4/h19H,2,8-18H2,1,3-7H3/q+1. The monoisotopic (exact) mass is 471 g/mol. The van der Waals surface area contributed by atoms with Crippen LogP contribution < -0.4 is 0 Å². The minimum atomic E-state index is -0.742. The molecule has 0 spiro atoms. The third-order valence-corrected chi connectivity index (χ3v) is 4.87. The number of amides is 2. The molecule has 1 rings (SSSR count). The number of hydrogen-bond donors (Lipinski definition) is 0. The molecule has 0 aromatic rings. The van der Waals surface area contributed by atoms with Crippen molar-refractivity contribution in [2.24, 2.45) is 0 Å². The quantitative estimate of drug-likeness (QED) is 0.245. The highest BCUT2D eigenvalue weighted by atomic mass is 16.6. The van der Waals surface area contributed by atoms with Crippen molar-refractivity contribution in [3.8, 4) is 0 Å². The molecular formula is C24H43N2O7+. The van der Waals surface area contributed by atoms with Crippen LogP contribution in [-0.2, 0) is 28.5 Å². The second kappa shape index (κ2) is 13.6. The number of nitrogens with zero attached hydrogens (tertiary/aromatic N) is 2. The summed E-state index contributed by atoms with van der Waals surface area (Å²) in [5.74, 6) is -0.264. The van der Waals surface area contributed by atoms with E-state index < -0.39 is 11.2 Å². The molecule has 0 radical (unpaired) electrons. The Bertz CT molecular complexity index is 617. The van der Waals surface area contributed by atoms with Gasteiger partial charge in [0.2, 0.25) is 11.5 Å². The summed E-state index contributed by atoms with van der Waals surface area (Å²) in [7, 11) is 0. The molecule has 0 N–H and O–H groups in total. The van der Waals surface area contributed by atoms with Crippen molar-refractivity contribution < 1.29 is 33.3 Å². The topological polar surface area (TPSA) is 94.6 Å². The van der Waals surface area contributed by atoms with Gasteiger partial charge in [0.25, 0.3) is 0 Å². The Morgan fingerprint density at radius 3 is 2.03 bits per heavy atom. The molecular weight excluding hydrogens is 428 g/mol. The third-order valence-electron chi connectivity index (χ3n) is 4.87. The fourth-order valence-electron chi connectivity index (χ4n) is 3.40. The first kappa shape index (κ1) is 29.0. The van der Waals surface area contributed by atoms with Crippen LogP contribution in [0.5, 0.6) is 0 Å².